The van der Waals surface area contributed by atoms with Gasteiger partial charge in [-0.1, -0.05) is 72.3 Å². The zero-order chi connectivity index (χ0) is 23.7. The maximum absolute atomic E-state index is 2.29. The lowest BCUT2D eigenvalue weighted by Gasteiger charge is -2.08. The average Bonchev–Trinajstić information content (AvgIpc) is 2.86. The van der Waals surface area contributed by atoms with Crippen LogP contribution in [0.4, 0.5) is 0 Å². The molecule has 34 heavy (non-hydrogen) atoms. The molecule has 2 heterocycles. The van der Waals surface area contributed by atoms with Crippen LogP contribution in [0.15, 0.2) is 109 Å². The highest BCUT2D eigenvalue weighted by atomic mass is 15.0. The van der Waals surface area contributed by atoms with Crippen LogP contribution in [-0.2, 0) is 14.1 Å². The topological polar surface area (TPSA) is 7.76 Å². The number of aryl methyl sites for hydroxylation is 3. The lowest BCUT2D eigenvalue weighted by Crippen LogP contribution is -2.40. The van der Waals surface area contributed by atoms with E-state index in [2.05, 4.69) is 146 Å². The van der Waals surface area contributed by atoms with Crippen LogP contribution in [0.5, 0.6) is 0 Å². The van der Waals surface area contributed by atoms with Crippen LogP contribution in [0.3, 0.4) is 0 Å². The van der Waals surface area contributed by atoms with Gasteiger partial charge in [-0.05, 0) is 53.8 Å². The first-order chi connectivity index (χ1) is 16.5. The van der Waals surface area contributed by atoms with Gasteiger partial charge in [0.05, 0.1) is 0 Å². The molecule has 0 aliphatic heterocycles. The predicted molar refractivity (Wildman–Crippen MR) is 140 cm³/mol. The summed E-state index contributed by atoms with van der Waals surface area (Å²) in [6.45, 7) is 4.29. The molecule has 0 spiro atoms. The van der Waals surface area contributed by atoms with Gasteiger partial charge < -0.3 is 0 Å². The Morgan fingerprint density at radius 3 is 1.76 bits per heavy atom. The SMILES string of the molecule is Cc1ccc(-c2ccc(-c3cc[n+](C)c(-c4cccc(-c5ccccc5C)[n+]4C)c3)cc2)cc1. The van der Waals surface area contributed by atoms with E-state index in [0.29, 0.717) is 0 Å². The van der Waals surface area contributed by atoms with E-state index in [4.69, 9.17) is 0 Å². The second kappa shape index (κ2) is 9.07. The molecule has 5 aromatic rings. The van der Waals surface area contributed by atoms with Gasteiger partial charge in [-0.15, -0.1) is 0 Å². The summed E-state index contributed by atoms with van der Waals surface area (Å²) >= 11 is 0. The van der Waals surface area contributed by atoms with E-state index >= 15 is 0 Å². The summed E-state index contributed by atoms with van der Waals surface area (Å²) in [4.78, 5) is 0. The van der Waals surface area contributed by atoms with Gasteiger partial charge in [0.1, 0.15) is 14.1 Å². The smallest absolute Gasteiger partial charge is 0.196 e. The molecular formula is C32H30N2+2. The van der Waals surface area contributed by atoms with E-state index in [9.17, 15) is 0 Å². The maximum atomic E-state index is 2.29. The summed E-state index contributed by atoms with van der Waals surface area (Å²) in [6.07, 6.45) is 2.15. The summed E-state index contributed by atoms with van der Waals surface area (Å²) in [6, 6.07) is 37.2. The molecule has 0 saturated heterocycles. The van der Waals surface area contributed by atoms with Crippen LogP contribution in [0.2, 0.25) is 0 Å². The van der Waals surface area contributed by atoms with Gasteiger partial charge in [-0.3, -0.25) is 0 Å². The Kier molecular flexibility index (Phi) is 5.81. The van der Waals surface area contributed by atoms with Crippen molar-refractivity contribution in [3.63, 3.8) is 0 Å². The summed E-state index contributed by atoms with van der Waals surface area (Å²) in [5.41, 5.74) is 12.3. The summed E-state index contributed by atoms with van der Waals surface area (Å²) in [5.74, 6) is 0. The molecule has 2 heteroatoms. The van der Waals surface area contributed by atoms with Crippen LogP contribution in [0.25, 0.3) is 44.9 Å². The molecule has 166 valence electrons. The average molecular weight is 443 g/mol. The number of benzene rings is 3. The van der Waals surface area contributed by atoms with Gasteiger partial charge >= 0.3 is 0 Å². The fourth-order valence-electron chi connectivity index (χ4n) is 4.58. The van der Waals surface area contributed by atoms with Gasteiger partial charge in [0, 0.05) is 29.8 Å². The van der Waals surface area contributed by atoms with Gasteiger partial charge in [-0.25, -0.2) is 0 Å². The lowest BCUT2D eigenvalue weighted by molar-refractivity contribution is -0.685. The van der Waals surface area contributed by atoms with Gasteiger partial charge in [0.15, 0.2) is 6.20 Å². The maximum Gasteiger partial charge on any atom is 0.277 e. The van der Waals surface area contributed by atoms with Crippen LogP contribution in [0.1, 0.15) is 11.1 Å². The van der Waals surface area contributed by atoms with Gasteiger partial charge in [0.2, 0.25) is 5.69 Å². The Balaban J connectivity index is 1.54. The molecule has 0 saturated carbocycles. The summed E-state index contributed by atoms with van der Waals surface area (Å²) in [5, 5.41) is 0. The zero-order valence-corrected chi connectivity index (χ0v) is 20.3. The van der Waals surface area contributed by atoms with E-state index < -0.39 is 0 Å². The lowest BCUT2D eigenvalue weighted by atomic mass is 9.99. The number of aromatic nitrogens is 2. The molecule has 2 nitrogen and oxygen atoms in total. The van der Waals surface area contributed by atoms with E-state index in [1.165, 1.54) is 56.0 Å². The number of rotatable bonds is 4. The monoisotopic (exact) mass is 442 g/mol. The van der Waals surface area contributed by atoms with Crippen LogP contribution < -0.4 is 9.13 Å². The Labute approximate surface area is 202 Å². The number of pyridine rings is 2. The molecule has 0 bridgehead atoms. The molecule has 5 rings (SSSR count). The second-order valence-electron chi connectivity index (χ2n) is 9.03. The first-order valence-electron chi connectivity index (χ1n) is 11.7. The highest BCUT2D eigenvalue weighted by molar-refractivity contribution is 5.72. The van der Waals surface area contributed by atoms with Crippen molar-refractivity contribution in [3.05, 3.63) is 120 Å². The van der Waals surface area contributed by atoms with Crippen molar-refractivity contribution in [2.75, 3.05) is 0 Å². The van der Waals surface area contributed by atoms with E-state index in [-0.39, 0.29) is 0 Å². The normalized spacial score (nSPS) is 10.9. The first kappa shape index (κ1) is 21.8. The zero-order valence-electron chi connectivity index (χ0n) is 20.3. The van der Waals surface area contributed by atoms with Gasteiger partial charge in [0.25, 0.3) is 11.4 Å². The van der Waals surface area contributed by atoms with Crippen molar-refractivity contribution >= 4 is 0 Å². The Morgan fingerprint density at radius 1 is 0.500 bits per heavy atom. The highest BCUT2D eigenvalue weighted by Gasteiger charge is 2.24. The molecule has 0 fully saturated rings. The minimum Gasteiger partial charge on any atom is -0.196 e. The number of hydrogen-bond donors (Lipinski definition) is 0. The van der Waals surface area contributed by atoms with Crippen LogP contribution >= 0.6 is 0 Å². The Bertz CT molecular complexity index is 1460. The highest BCUT2D eigenvalue weighted by Crippen LogP contribution is 2.27. The van der Waals surface area contributed by atoms with E-state index in [1.807, 2.05) is 0 Å². The van der Waals surface area contributed by atoms with Crippen molar-refractivity contribution in [1.29, 1.82) is 0 Å². The predicted octanol–water partition coefficient (Wildman–Crippen LogP) is 6.62. The Morgan fingerprint density at radius 2 is 1.09 bits per heavy atom. The largest absolute Gasteiger partial charge is 0.277 e. The van der Waals surface area contributed by atoms with Crippen molar-refractivity contribution in [2.45, 2.75) is 13.8 Å². The third-order valence-corrected chi connectivity index (χ3v) is 6.67. The van der Waals surface area contributed by atoms with Gasteiger partial charge in [-0.2, -0.15) is 9.13 Å². The quantitative estimate of drug-likeness (QED) is 0.276. The minimum atomic E-state index is 1.18. The molecule has 0 radical (unpaired) electrons. The molecule has 0 atom stereocenters. The van der Waals surface area contributed by atoms with Crippen molar-refractivity contribution < 1.29 is 9.13 Å². The molecule has 0 amide bonds. The minimum absolute atomic E-state index is 1.18. The fraction of sp³-hybridized carbons (Fsp3) is 0.125. The van der Waals surface area contributed by atoms with Crippen molar-refractivity contribution in [2.24, 2.45) is 14.1 Å². The second-order valence-corrected chi connectivity index (χ2v) is 9.03. The van der Waals surface area contributed by atoms with E-state index in [0.717, 1.165) is 0 Å². The van der Waals surface area contributed by atoms with E-state index in [1.54, 1.807) is 0 Å². The molecule has 0 aliphatic carbocycles. The molecule has 3 aromatic carbocycles. The Hall–Kier alpha value is -4.04. The number of nitrogens with zero attached hydrogens (tertiary/aromatic N) is 2. The number of hydrogen-bond acceptors (Lipinski definition) is 0. The molecular weight excluding hydrogens is 412 g/mol. The van der Waals surface area contributed by atoms with Crippen molar-refractivity contribution in [3.8, 4) is 44.9 Å². The first-order valence-corrected chi connectivity index (χ1v) is 11.7. The molecule has 0 aliphatic rings. The third kappa shape index (κ3) is 4.15. The van der Waals surface area contributed by atoms with Crippen LogP contribution in [0, 0.1) is 13.8 Å². The standard InChI is InChI=1S/C32H30N2/c1-23-12-14-25(15-13-23)26-16-18-27(19-17-26)28-20-21-33(3)32(22-28)31-11-7-10-30(34(31)4)29-9-6-5-8-24(29)2/h5-22H,1-4H3/q+2. The third-order valence-electron chi connectivity index (χ3n) is 6.67. The summed E-state index contributed by atoms with van der Waals surface area (Å²) in [7, 11) is 4.26. The fourth-order valence-corrected chi connectivity index (χ4v) is 4.58. The van der Waals surface area contributed by atoms with Crippen LogP contribution in [-0.4, -0.2) is 0 Å². The molecule has 0 unspecified atom stereocenters. The van der Waals surface area contributed by atoms with Crippen molar-refractivity contribution in [1.82, 2.24) is 0 Å². The molecule has 2 aromatic heterocycles. The molecule has 0 N–H and O–H groups in total. The summed E-state index contributed by atoms with van der Waals surface area (Å²) < 4.78 is 4.49.